The number of quaternary nitrogens is 1. The molecule has 0 radical (unpaired) electrons. The van der Waals surface area contributed by atoms with Crippen LogP contribution in [0.2, 0.25) is 0 Å². The minimum atomic E-state index is -0.531. The van der Waals surface area contributed by atoms with Crippen LogP contribution in [0.3, 0.4) is 0 Å². The minimum Gasteiger partial charge on any atom is -0.456 e. The molecule has 0 aliphatic rings. The van der Waals surface area contributed by atoms with Crippen LogP contribution in [0.5, 0.6) is 0 Å². The third-order valence-corrected chi connectivity index (χ3v) is 4.11. The number of carbonyl (C=O) groups is 1. The van der Waals surface area contributed by atoms with Gasteiger partial charge >= 0.3 is 5.97 Å². The molecule has 0 heterocycles. The van der Waals surface area contributed by atoms with E-state index in [-0.39, 0.29) is 17.9 Å². The lowest BCUT2D eigenvalue weighted by Gasteiger charge is -2.10. The van der Waals surface area contributed by atoms with Crippen molar-refractivity contribution < 1.29 is 19.4 Å². The Kier molecular flexibility index (Phi) is 10.3. The molecule has 0 saturated carbocycles. The Morgan fingerprint density at radius 3 is 2.54 bits per heavy atom. The van der Waals surface area contributed by atoms with E-state index in [1.807, 2.05) is 14.1 Å². The summed E-state index contributed by atoms with van der Waals surface area (Å²) in [5, 5.41) is 14.4. The molecule has 7 heteroatoms. The third-order valence-electron chi connectivity index (χ3n) is 4.11. The van der Waals surface area contributed by atoms with Gasteiger partial charge in [0, 0.05) is 12.6 Å². The monoisotopic (exact) mass is 366 g/mol. The summed E-state index contributed by atoms with van der Waals surface area (Å²) in [4.78, 5) is 24.0. The number of hydrogen-bond donors (Lipinski definition) is 2. The second-order valence-electron chi connectivity index (χ2n) is 6.78. The van der Waals surface area contributed by atoms with Crippen molar-refractivity contribution in [1.29, 1.82) is 0 Å². The maximum atomic E-state index is 12.0. The van der Waals surface area contributed by atoms with E-state index in [0.29, 0.717) is 18.8 Å². The van der Waals surface area contributed by atoms with Crippen molar-refractivity contribution >= 4 is 17.3 Å². The van der Waals surface area contributed by atoms with Crippen molar-refractivity contribution in [2.75, 3.05) is 39.1 Å². The van der Waals surface area contributed by atoms with Crippen LogP contribution in [0, 0.1) is 10.1 Å². The van der Waals surface area contributed by atoms with Gasteiger partial charge in [0.15, 0.2) is 0 Å². The van der Waals surface area contributed by atoms with Crippen molar-refractivity contribution in [3.8, 4) is 0 Å². The fourth-order valence-electron chi connectivity index (χ4n) is 2.52. The maximum absolute atomic E-state index is 12.0. The molecule has 1 rings (SSSR count). The van der Waals surface area contributed by atoms with Crippen LogP contribution in [-0.4, -0.2) is 44.7 Å². The highest BCUT2D eigenvalue weighted by atomic mass is 16.6. The standard InChI is InChI=1S/C19H31N3O4/c1-4-5-6-7-8-9-12-20-17-11-10-16(15-18(17)22(24)25)19(23)26-14-13-21(2)3/h10-11,15,20H,4-9,12-14H2,1-3H3/p+1. The first-order chi connectivity index (χ1) is 12.5. The van der Waals surface area contributed by atoms with Crippen LogP contribution in [0.15, 0.2) is 18.2 Å². The summed E-state index contributed by atoms with van der Waals surface area (Å²) >= 11 is 0. The SMILES string of the molecule is CCCCCCCCNc1ccc(C(=O)OCC[NH+](C)C)cc1[N+](=O)[O-]. The fraction of sp³-hybridized carbons (Fsp3) is 0.632. The number of anilines is 1. The summed E-state index contributed by atoms with van der Waals surface area (Å²) in [6.45, 7) is 3.84. The highest BCUT2D eigenvalue weighted by Gasteiger charge is 2.18. The van der Waals surface area contributed by atoms with Crippen molar-refractivity contribution in [2.24, 2.45) is 0 Å². The number of ether oxygens (including phenoxy) is 1. The number of benzene rings is 1. The van der Waals surface area contributed by atoms with Crippen molar-refractivity contribution in [2.45, 2.75) is 45.4 Å². The molecule has 26 heavy (non-hydrogen) atoms. The lowest BCUT2D eigenvalue weighted by atomic mass is 10.1. The van der Waals surface area contributed by atoms with Crippen LogP contribution in [0.4, 0.5) is 11.4 Å². The van der Waals surface area contributed by atoms with E-state index in [1.54, 1.807) is 12.1 Å². The molecule has 7 nitrogen and oxygen atoms in total. The summed E-state index contributed by atoms with van der Waals surface area (Å²) in [5.74, 6) is -0.531. The predicted molar refractivity (Wildman–Crippen MR) is 103 cm³/mol. The second-order valence-corrected chi connectivity index (χ2v) is 6.78. The maximum Gasteiger partial charge on any atom is 0.338 e. The van der Waals surface area contributed by atoms with Crippen LogP contribution < -0.4 is 10.2 Å². The van der Waals surface area contributed by atoms with E-state index in [0.717, 1.165) is 17.7 Å². The molecule has 0 spiro atoms. The van der Waals surface area contributed by atoms with Gasteiger partial charge in [0.2, 0.25) is 0 Å². The molecule has 0 aromatic heterocycles. The summed E-state index contributed by atoms with van der Waals surface area (Å²) in [6, 6.07) is 4.44. The van der Waals surface area contributed by atoms with Crippen LogP contribution in [0.1, 0.15) is 55.8 Å². The van der Waals surface area contributed by atoms with Crippen LogP contribution in [-0.2, 0) is 4.74 Å². The van der Waals surface area contributed by atoms with Crippen molar-refractivity contribution in [1.82, 2.24) is 0 Å². The molecular formula is C19H32N3O4+. The molecule has 0 bridgehead atoms. The first-order valence-corrected chi connectivity index (χ1v) is 9.44. The van der Waals surface area contributed by atoms with E-state index in [9.17, 15) is 14.9 Å². The molecule has 0 aliphatic heterocycles. The number of carbonyl (C=O) groups excluding carboxylic acids is 1. The number of likely N-dealkylation sites (N-methyl/N-ethyl adjacent to an activating group) is 1. The lowest BCUT2D eigenvalue weighted by Crippen LogP contribution is -3.06. The summed E-state index contributed by atoms with van der Waals surface area (Å²) in [5.41, 5.74) is 0.553. The van der Waals surface area contributed by atoms with E-state index >= 15 is 0 Å². The zero-order valence-electron chi connectivity index (χ0n) is 16.2. The molecule has 0 amide bonds. The Morgan fingerprint density at radius 2 is 1.88 bits per heavy atom. The number of nitrogens with one attached hydrogen (secondary N) is 2. The van der Waals surface area contributed by atoms with Gasteiger partial charge in [0.1, 0.15) is 18.8 Å². The van der Waals surface area contributed by atoms with Crippen LogP contribution >= 0.6 is 0 Å². The van der Waals surface area contributed by atoms with Gasteiger partial charge < -0.3 is 15.0 Å². The number of nitrogens with zero attached hydrogens (tertiary/aromatic N) is 1. The number of unbranched alkanes of at least 4 members (excludes halogenated alkanes) is 5. The van der Waals surface area contributed by atoms with Crippen molar-refractivity contribution in [3.05, 3.63) is 33.9 Å². The van der Waals surface area contributed by atoms with Crippen LogP contribution in [0.25, 0.3) is 0 Å². The molecule has 0 fully saturated rings. The number of nitro benzene ring substituents is 1. The van der Waals surface area contributed by atoms with Gasteiger partial charge in [-0.1, -0.05) is 39.0 Å². The molecule has 2 N–H and O–H groups in total. The average molecular weight is 366 g/mol. The zero-order chi connectivity index (χ0) is 19.4. The first-order valence-electron chi connectivity index (χ1n) is 9.44. The quantitative estimate of drug-likeness (QED) is 0.243. The highest BCUT2D eigenvalue weighted by Crippen LogP contribution is 2.26. The van der Waals surface area contributed by atoms with E-state index in [4.69, 9.17) is 4.74 Å². The number of hydrogen-bond acceptors (Lipinski definition) is 5. The molecular weight excluding hydrogens is 334 g/mol. The lowest BCUT2D eigenvalue weighted by molar-refractivity contribution is -0.858. The van der Waals surface area contributed by atoms with Gasteiger partial charge in [0.05, 0.1) is 24.6 Å². The van der Waals surface area contributed by atoms with Gasteiger partial charge in [-0.2, -0.15) is 0 Å². The average Bonchev–Trinajstić information content (AvgIpc) is 2.60. The van der Waals surface area contributed by atoms with Gasteiger partial charge in [-0.3, -0.25) is 10.1 Å². The van der Waals surface area contributed by atoms with Gasteiger partial charge in [-0.25, -0.2) is 4.79 Å². The predicted octanol–water partition coefficient (Wildman–Crippen LogP) is 2.67. The Labute approximate surface area is 155 Å². The number of nitro groups is 1. The molecule has 146 valence electrons. The second kappa shape index (κ2) is 12.2. The molecule has 0 aliphatic carbocycles. The summed E-state index contributed by atoms with van der Waals surface area (Å²) in [7, 11) is 3.92. The third kappa shape index (κ3) is 8.29. The molecule has 1 aromatic carbocycles. The largest absolute Gasteiger partial charge is 0.456 e. The van der Waals surface area contributed by atoms with Gasteiger partial charge in [-0.15, -0.1) is 0 Å². The Balaban J connectivity index is 2.56. The van der Waals surface area contributed by atoms with E-state index in [2.05, 4.69) is 12.2 Å². The first kappa shape index (κ1) is 21.9. The summed E-state index contributed by atoms with van der Waals surface area (Å²) < 4.78 is 5.16. The number of rotatable bonds is 13. The topological polar surface area (TPSA) is 85.9 Å². The molecule has 0 atom stereocenters. The van der Waals surface area contributed by atoms with E-state index < -0.39 is 10.9 Å². The molecule has 0 saturated heterocycles. The summed E-state index contributed by atoms with van der Waals surface area (Å²) in [6.07, 6.45) is 6.98. The minimum absolute atomic E-state index is 0.0938. The fourth-order valence-corrected chi connectivity index (χ4v) is 2.52. The zero-order valence-corrected chi connectivity index (χ0v) is 16.2. The Morgan fingerprint density at radius 1 is 1.19 bits per heavy atom. The molecule has 1 aromatic rings. The number of esters is 1. The highest BCUT2D eigenvalue weighted by molar-refractivity contribution is 5.91. The Hall–Kier alpha value is -2.15. The van der Waals surface area contributed by atoms with E-state index in [1.165, 1.54) is 31.7 Å². The normalized spacial score (nSPS) is 10.8. The van der Waals surface area contributed by atoms with Crippen molar-refractivity contribution in [3.63, 3.8) is 0 Å². The molecule has 0 unspecified atom stereocenters. The van der Waals surface area contributed by atoms with Gasteiger partial charge in [-0.05, 0) is 18.6 Å². The van der Waals surface area contributed by atoms with Gasteiger partial charge in [0.25, 0.3) is 5.69 Å². The smallest absolute Gasteiger partial charge is 0.338 e. The Bertz CT molecular complexity index is 576.